The van der Waals surface area contributed by atoms with Crippen LogP contribution in [0.4, 0.5) is 0 Å². The van der Waals surface area contributed by atoms with E-state index in [2.05, 4.69) is 5.32 Å². The Morgan fingerprint density at radius 1 is 1.30 bits per heavy atom. The highest BCUT2D eigenvalue weighted by Gasteiger charge is 2.23. The summed E-state index contributed by atoms with van der Waals surface area (Å²) in [5, 5.41) is 3.71. The van der Waals surface area contributed by atoms with Crippen LogP contribution in [0.2, 0.25) is 5.02 Å². The first-order valence-corrected chi connectivity index (χ1v) is 7.88. The van der Waals surface area contributed by atoms with Crippen LogP contribution in [0.5, 0.6) is 11.5 Å². The Hall–Kier alpha value is -2.20. The molecule has 23 heavy (non-hydrogen) atoms. The molecule has 2 aromatic carbocycles. The number of hydrogen-bond acceptors (Lipinski definition) is 3. The van der Waals surface area contributed by atoms with Crippen molar-refractivity contribution in [3.63, 3.8) is 0 Å². The van der Waals surface area contributed by atoms with Gasteiger partial charge in [0.1, 0.15) is 11.5 Å². The number of rotatable bonds is 4. The molecule has 3 rings (SSSR count). The molecule has 2 aromatic rings. The van der Waals surface area contributed by atoms with Gasteiger partial charge < -0.3 is 14.8 Å². The van der Waals surface area contributed by atoms with Crippen molar-refractivity contribution in [1.82, 2.24) is 5.32 Å². The fourth-order valence-corrected chi connectivity index (χ4v) is 2.87. The number of benzene rings is 2. The van der Waals surface area contributed by atoms with Gasteiger partial charge in [0.2, 0.25) is 5.91 Å². The summed E-state index contributed by atoms with van der Waals surface area (Å²) < 4.78 is 10.7. The molecule has 1 atom stereocenters. The van der Waals surface area contributed by atoms with E-state index >= 15 is 0 Å². The van der Waals surface area contributed by atoms with Crippen molar-refractivity contribution in [2.75, 3.05) is 13.7 Å². The van der Waals surface area contributed by atoms with Crippen molar-refractivity contribution >= 4 is 17.5 Å². The van der Waals surface area contributed by atoms with Gasteiger partial charge in [-0.05, 0) is 35.9 Å². The summed E-state index contributed by atoms with van der Waals surface area (Å²) >= 11 is 6.06. The van der Waals surface area contributed by atoms with E-state index < -0.39 is 0 Å². The van der Waals surface area contributed by atoms with Gasteiger partial charge in [0.15, 0.2) is 0 Å². The van der Waals surface area contributed by atoms with Crippen LogP contribution >= 0.6 is 11.6 Å². The second kappa shape index (κ2) is 6.92. The number of hydrogen-bond donors (Lipinski definition) is 1. The minimum atomic E-state index is -0.0665. The molecule has 1 unspecified atom stereocenters. The third-order valence-corrected chi connectivity index (χ3v) is 4.11. The molecule has 1 heterocycles. The highest BCUT2D eigenvalue weighted by molar-refractivity contribution is 6.30. The molecule has 0 aliphatic carbocycles. The second-order valence-corrected chi connectivity index (χ2v) is 5.90. The first-order chi connectivity index (χ1) is 11.2. The molecular formula is C18H18ClNO3. The first-order valence-electron chi connectivity index (χ1n) is 7.50. The molecule has 120 valence electrons. The van der Waals surface area contributed by atoms with Crippen LogP contribution in [0.3, 0.4) is 0 Å². The number of amides is 1. The van der Waals surface area contributed by atoms with Gasteiger partial charge in [0.25, 0.3) is 0 Å². The molecule has 4 nitrogen and oxygen atoms in total. The van der Waals surface area contributed by atoms with Crippen molar-refractivity contribution in [2.45, 2.75) is 18.9 Å². The number of carbonyl (C=O) groups is 1. The fraction of sp³-hybridized carbons (Fsp3) is 0.278. The minimum absolute atomic E-state index is 0.0204. The number of methoxy groups -OCH3 is 1. The van der Waals surface area contributed by atoms with E-state index in [1.807, 2.05) is 36.4 Å². The lowest BCUT2D eigenvalue weighted by Crippen LogP contribution is -2.33. The molecule has 1 N–H and O–H groups in total. The number of carbonyl (C=O) groups excluding carboxylic acids is 1. The zero-order valence-electron chi connectivity index (χ0n) is 12.8. The third-order valence-electron chi connectivity index (χ3n) is 3.87. The lowest BCUT2D eigenvalue weighted by molar-refractivity contribution is -0.121. The normalized spacial score (nSPS) is 16.2. The standard InChI is InChI=1S/C18H18ClNO3/c1-22-14-5-2-12(3-6-14)10-18(21)20-16-8-9-23-17-7-4-13(19)11-15(16)17/h2-7,11,16H,8-10H2,1H3,(H,20,21). The number of fused-ring (bicyclic) bond motifs is 1. The minimum Gasteiger partial charge on any atom is -0.497 e. The van der Waals surface area contributed by atoms with Crippen molar-refractivity contribution in [1.29, 1.82) is 0 Å². The molecule has 0 fully saturated rings. The van der Waals surface area contributed by atoms with E-state index in [1.165, 1.54) is 0 Å². The first kappa shape index (κ1) is 15.7. The predicted octanol–water partition coefficient (Wildman–Crippen LogP) is 3.53. The Morgan fingerprint density at radius 3 is 2.83 bits per heavy atom. The lowest BCUT2D eigenvalue weighted by atomic mass is 10.00. The van der Waals surface area contributed by atoms with Crippen LogP contribution in [-0.2, 0) is 11.2 Å². The molecule has 0 bridgehead atoms. The van der Waals surface area contributed by atoms with Crippen LogP contribution < -0.4 is 14.8 Å². The Bertz CT molecular complexity index is 700. The Morgan fingerprint density at radius 2 is 2.09 bits per heavy atom. The molecule has 0 radical (unpaired) electrons. The zero-order valence-corrected chi connectivity index (χ0v) is 13.6. The van der Waals surface area contributed by atoms with Crippen molar-refractivity contribution < 1.29 is 14.3 Å². The van der Waals surface area contributed by atoms with Crippen LogP contribution in [0.15, 0.2) is 42.5 Å². The van der Waals surface area contributed by atoms with Gasteiger partial charge in [-0.3, -0.25) is 4.79 Å². The maximum atomic E-state index is 12.3. The lowest BCUT2D eigenvalue weighted by Gasteiger charge is -2.27. The maximum Gasteiger partial charge on any atom is 0.224 e. The average molecular weight is 332 g/mol. The van der Waals surface area contributed by atoms with E-state index in [-0.39, 0.29) is 11.9 Å². The molecule has 1 aliphatic rings. The largest absolute Gasteiger partial charge is 0.497 e. The van der Waals surface area contributed by atoms with Crippen LogP contribution in [0.25, 0.3) is 0 Å². The van der Waals surface area contributed by atoms with E-state index in [0.29, 0.717) is 18.1 Å². The van der Waals surface area contributed by atoms with Crippen molar-refractivity contribution in [3.05, 3.63) is 58.6 Å². The van der Waals surface area contributed by atoms with Gasteiger partial charge in [-0.25, -0.2) is 0 Å². The molecule has 1 aliphatic heterocycles. The summed E-state index contributed by atoms with van der Waals surface area (Å²) in [6.07, 6.45) is 1.07. The Balaban J connectivity index is 1.67. The van der Waals surface area contributed by atoms with Gasteiger partial charge >= 0.3 is 0 Å². The monoisotopic (exact) mass is 331 g/mol. The Kier molecular flexibility index (Phi) is 4.72. The number of ether oxygens (including phenoxy) is 2. The van der Waals surface area contributed by atoms with Crippen LogP contribution in [-0.4, -0.2) is 19.6 Å². The van der Waals surface area contributed by atoms with E-state index in [4.69, 9.17) is 21.1 Å². The summed E-state index contributed by atoms with van der Waals surface area (Å²) in [5.74, 6) is 1.55. The summed E-state index contributed by atoms with van der Waals surface area (Å²) in [6, 6.07) is 12.9. The maximum absolute atomic E-state index is 12.3. The quantitative estimate of drug-likeness (QED) is 0.932. The predicted molar refractivity (Wildman–Crippen MR) is 89.1 cm³/mol. The van der Waals surface area contributed by atoms with E-state index in [0.717, 1.165) is 29.0 Å². The average Bonchev–Trinajstić information content (AvgIpc) is 2.56. The number of nitrogens with one attached hydrogen (secondary N) is 1. The number of halogens is 1. The second-order valence-electron chi connectivity index (χ2n) is 5.46. The van der Waals surface area contributed by atoms with Gasteiger partial charge in [-0.2, -0.15) is 0 Å². The molecule has 5 heteroatoms. The van der Waals surface area contributed by atoms with Crippen LogP contribution in [0, 0.1) is 0 Å². The van der Waals surface area contributed by atoms with Crippen molar-refractivity contribution in [2.24, 2.45) is 0 Å². The van der Waals surface area contributed by atoms with E-state index in [1.54, 1.807) is 13.2 Å². The summed E-state index contributed by atoms with van der Waals surface area (Å²) in [5.41, 5.74) is 1.88. The van der Waals surface area contributed by atoms with Gasteiger partial charge in [0, 0.05) is 17.0 Å². The SMILES string of the molecule is COc1ccc(CC(=O)NC2CCOc3ccc(Cl)cc32)cc1. The molecule has 0 saturated carbocycles. The molecular weight excluding hydrogens is 314 g/mol. The topological polar surface area (TPSA) is 47.6 Å². The Labute approximate surface area is 140 Å². The highest BCUT2D eigenvalue weighted by atomic mass is 35.5. The van der Waals surface area contributed by atoms with Gasteiger partial charge in [0.05, 0.1) is 26.2 Å². The van der Waals surface area contributed by atoms with Crippen molar-refractivity contribution in [3.8, 4) is 11.5 Å². The highest BCUT2D eigenvalue weighted by Crippen LogP contribution is 2.34. The van der Waals surface area contributed by atoms with Gasteiger partial charge in [-0.1, -0.05) is 23.7 Å². The van der Waals surface area contributed by atoms with E-state index in [9.17, 15) is 4.79 Å². The summed E-state index contributed by atoms with van der Waals surface area (Å²) in [4.78, 5) is 12.3. The van der Waals surface area contributed by atoms with Crippen LogP contribution in [0.1, 0.15) is 23.6 Å². The molecule has 0 spiro atoms. The fourth-order valence-electron chi connectivity index (χ4n) is 2.69. The van der Waals surface area contributed by atoms with Gasteiger partial charge in [-0.15, -0.1) is 0 Å². The molecule has 0 saturated heterocycles. The molecule has 0 aromatic heterocycles. The smallest absolute Gasteiger partial charge is 0.224 e. The summed E-state index contributed by atoms with van der Waals surface area (Å²) in [7, 11) is 1.62. The third kappa shape index (κ3) is 3.77. The zero-order chi connectivity index (χ0) is 16.2. The molecule has 1 amide bonds. The summed E-state index contributed by atoms with van der Waals surface area (Å²) in [6.45, 7) is 0.585.